The van der Waals surface area contributed by atoms with E-state index in [-0.39, 0.29) is 33.8 Å². The van der Waals surface area contributed by atoms with Gasteiger partial charge < -0.3 is 35.3 Å². The SMILES string of the molecule is COc1c(Cl)ccc(Cl)c1C(=O)OC[C@H]1O[C@@H](O)[C@H](N)[C@@H](O)[C@@H]1O.Cl. The Morgan fingerprint density at radius 2 is 1.84 bits per heavy atom. The van der Waals surface area contributed by atoms with Crippen LogP contribution in [-0.2, 0) is 9.47 Å². The molecule has 142 valence electrons. The van der Waals surface area contributed by atoms with E-state index in [1.807, 2.05) is 0 Å². The molecule has 1 aliphatic heterocycles. The van der Waals surface area contributed by atoms with Gasteiger partial charge in [0.1, 0.15) is 30.5 Å². The first kappa shape index (κ1) is 22.2. The molecule has 8 nitrogen and oxygen atoms in total. The van der Waals surface area contributed by atoms with Crippen LogP contribution >= 0.6 is 35.6 Å². The van der Waals surface area contributed by atoms with Crippen molar-refractivity contribution in [3.8, 4) is 5.75 Å². The number of nitrogens with two attached hydrogens (primary N) is 1. The molecule has 5 atom stereocenters. The second-order valence-corrected chi connectivity index (χ2v) is 5.97. The summed E-state index contributed by atoms with van der Waals surface area (Å²) in [7, 11) is 1.32. The predicted molar refractivity (Wildman–Crippen MR) is 91.4 cm³/mol. The quantitative estimate of drug-likeness (QED) is 0.515. The lowest BCUT2D eigenvalue weighted by Gasteiger charge is -2.38. The van der Waals surface area contributed by atoms with Crippen LogP contribution < -0.4 is 10.5 Å². The molecular weight excluding hydrogens is 401 g/mol. The van der Waals surface area contributed by atoms with E-state index in [1.54, 1.807) is 0 Å². The molecule has 2 rings (SSSR count). The molecule has 0 bridgehead atoms. The molecule has 25 heavy (non-hydrogen) atoms. The van der Waals surface area contributed by atoms with Crippen LogP contribution in [0.15, 0.2) is 12.1 Å². The van der Waals surface area contributed by atoms with Gasteiger partial charge >= 0.3 is 5.97 Å². The van der Waals surface area contributed by atoms with Crippen LogP contribution in [0.1, 0.15) is 10.4 Å². The number of aliphatic hydroxyl groups excluding tert-OH is 3. The van der Waals surface area contributed by atoms with Crippen LogP contribution in [0.25, 0.3) is 0 Å². The number of carbonyl (C=O) groups excluding carboxylic acids is 1. The zero-order valence-electron chi connectivity index (χ0n) is 13.0. The van der Waals surface area contributed by atoms with E-state index in [0.717, 1.165) is 0 Å². The number of ether oxygens (including phenoxy) is 3. The Morgan fingerprint density at radius 1 is 1.24 bits per heavy atom. The maximum absolute atomic E-state index is 12.2. The highest BCUT2D eigenvalue weighted by Gasteiger charge is 2.42. The average molecular weight is 419 g/mol. The van der Waals surface area contributed by atoms with Crippen molar-refractivity contribution in [2.45, 2.75) is 30.6 Å². The molecule has 11 heteroatoms. The highest BCUT2D eigenvalue weighted by atomic mass is 35.5. The van der Waals surface area contributed by atoms with Gasteiger partial charge in [0.05, 0.1) is 23.2 Å². The van der Waals surface area contributed by atoms with Gasteiger partial charge in [-0.25, -0.2) is 4.79 Å². The van der Waals surface area contributed by atoms with Gasteiger partial charge in [0.25, 0.3) is 0 Å². The standard InChI is InChI=1S/C14H17Cl2NO7.ClH/c1-22-12-6(16)3-2-5(15)8(12)13(20)23-4-7-10(18)11(19)9(17)14(21)24-7;/h2-3,7,9-11,14,18-19,21H,4,17H2,1H3;1H/t7-,9-,10-,11-,14-;/m1./s1. The number of aliphatic hydroxyl groups is 3. The van der Waals surface area contributed by atoms with Crippen LogP contribution in [0, 0.1) is 0 Å². The number of carbonyl (C=O) groups is 1. The maximum atomic E-state index is 12.2. The van der Waals surface area contributed by atoms with Crippen LogP contribution in [0.5, 0.6) is 5.75 Å². The summed E-state index contributed by atoms with van der Waals surface area (Å²) in [6, 6.07) is 1.69. The summed E-state index contributed by atoms with van der Waals surface area (Å²) < 4.78 is 15.1. The molecule has 0 saturated carbocycles. The summed E-state index contributed by atoms with van der Waals surface area (Å²) in [4.78, 5) is 12.2. The van der Waals surface area contributed by atoms with E-state index in [1.165, 1.54) is 19.2 Å². The first-order valence-electron chi connectivity index (χ1n) is 6.92. The summed E-state index contributed by atoms with van der Waals surface area (Å²) in [6.45, 7) is -0.452. The molecule has 0 aliphatic carbocycles. The van der Waals surface area contributed by atoms with Gasteiger partial charge in [0, 0.05) is 0 Å². The van der Waals surface area contributed by atoms with E-state index >= 15 is 0 Å². The van der Waals surface area contributed by atoms with Crippen LogP contribution in [-0.4, -0.2) is 65.6 Å². The number of rotatable bonds is 4. The topological polar surface area (TPSA) is 131 Å². The Hall–Kier alpha value is -0.840. The van der Waals surface area contributed by atoms with E-state index < -0.39 is 43.2 Å². The van der Waals surface area contributed by atoms with E-state index in [4.69, 9.17) is 43.1 Å². The van der Waals surface area contributed by atoms with Gasteiger partial charge in [-0.2, -0.15) is 0 Å². The molecule has 5 N–H and O–H groups in total. The molecule has 1 aliphatic rings. The fourth-order valence-corrected chi connectivity index (χ4v) is 2.72. The van der Waals surface area contributed by atoms with Gasteiger partial charge in [0.15, 0.2) is 12.0 Å². The van der Waals surface area contributed by atoms with Gasteiger partial charge in [-0.15, -0.1) is 12.4 Å². The largest absolute Gasteiger partial charge is 0.494 e. The number of esters is 1. The van der Waals surface area contributed by atoms with E-state index in [2.05, 4.69) is 0 Å². The number of hydrogen-bond donors (Lipinski definition) is 4. The molecule has 0 radical (unpaired) electrons. The minimum atomic E-state index is -1.50. The zero-order chi connectivity index (χ0) is 18.0. The number of hydrogen-bond acceptors (Lipinski definition) is 8. The predicted octanol–water partition coefficient (Wildman–Crippen LogP) is 0.347. The van der Waals surface area contributed by atoms with Gasteiger partial charge in [0.2, 0.25) is 0 Å². The van der Waals surface area contributed by atoms with Gasteiger partial charge in [-0.1, -0.05) is 23.2 Å². The number of benzene rings is 1. The molecule has 1 fully saturated rings. The van der Waals surface area contributed by atoms with E-state index in [9.17, 15) is 20.1 Å². The van der Waals surface area contributed by atoms with Crippen LogP contribution in [0.3, 0.4) is 0 Å². The first-order valence-corrected chi connectivity index (χ1v) is 7.67. The highest BCUT2D eigenvalue weighted by molar-refractivity contribution is 6.37. The second-order valence-electron chi connectivity index (χ2n) is 5.16. The third-order valence-electron chi connectivity index (χ3n) is 3.61. The summed E-state index contributed by atoms with van der Waals surface area (Å²) in [5.41, 5.74) is 5.37. The Morgan fingerprint density at radius 3 is 2.44 bits per heavy atom. The van der Waals surface area contributed by atoms with Crippen molar-refractivity contribution >= 4 is 41.6 Å². The maximum Gasteiger partial charge on any atom is 0.343 e. The Bertz CT molecular complexity index is 618. The smallest absolute Gasteiger partial charge is 0.343 e. The zero-order valence-corrected chi connectivity index (χ0v) is 15.3. The fourth-order valence-electron chi connectivity index (χ4n) is 2.26. The van der Waals surface area contributed by atoms with Gasteiger partial charge in [-0.3, -0.25) is 0 Å². The first-order chi connectivity index (χ1) is 11.3. The Kier molecular flexibility index (Phi) is 8.17. The molecular formula is C14H18Cl3NO7. The van der Waals surface area contributed by atoms with Crippen LogP contribution in [0.4, 0.5) is 0 Å². The molecule has 1 saturated heterocycles. The summed E-state index contributed by atoms with van der Waals surface area (Å²) in [5.74, 6) is -0.824. The Balaban J connectivity index is 0.00000312. The monoisotopic (exact) mass is 417 g/mol. The molecule has 0 spiro atoms. The third kappa shape index (κ3) is 4.66. The third-order valence-corrected chi connectivity index (χ3v) is 4.23. The van der Waals surface area contributed by atoms with Gasteiger partial charge in [-0.05, 0) is 12.1 Å². The van der Waals surface area contributed by atoms with Crippen molar-refractivity contribution in [3.05, 3.63) is 27.7 Å². The Labute approximate surface area is 159 Å². The van der Waals surface area contributed by atoms with Crippen molar-refractivity contribution in [2.75, 3.05) is 13.7 Å². The van der Waals surface area contributed by atoms with E-state index in [0.29, 0.717) is 0 Å². The normalized spacial score (nSPS) is 28.8. The second kappa shape index (κ2) is 9.20. The lowest BCUT2D eigenvalue weighted by molar-refractivity contribution is -0.248. The fraction of sp³-hybridized carbons (Fsp3) is 0.500. The molecule has 0 unspecified atom stereocenters. The number of methoxy groups -OCH3 is 1. The summed E-state index contributed by atoms with van der Waals surface area (Å²) in [6.07, 6.45) is -5.53. The number of halogens is 3. The van der Waals surface area contributed by atoms with Crippen LogP contribution in [0.2, 0.25) is 10.0 Å². The van der Waals surface area contributed by atoms with Crippen molar-refractivity contribution in [3.63, 3.8) is 0 Å². The molecule has 1 aromatic carbocycles. The van der Waals surface area contributed by atoms with Crippen molar-refractivity contribution in [2.24, 2.45) is 5.73 Å². The lowest BCUT2D eigenvalue weighted by atomic mass is 9.98. The highest BCUT2D eigenvalue weighted by Crippen LogP contribution is 2.34. The summed E-state index contributed by atoms with van der Waals surface area (Å²) in [5, 5.41) is 29.4. The molecule has 1 heterocycles. The molecule has 0 aromatic heterocycles. The lowest BCUT2D eigenvalue weighted by Crippen LogP contribution is -2.62. The van der Waals surface area contributed by atoms with Crippen molar-refractivity contribution in [1.29, 1.82) is 0 Å². The summed E-state index contributed by atoms with van der Waals surface area (Å²) >= 11 is 11.9. The molecule has 1 aromatic rings. The van der Waals surface area contributed by atoms with Crippen molar-refractivity contribution in [1.82, 2.24) is 0 Å². The minimum Gasteiger partial charge on any atom is -0.494 e. The minimum absolute atomic E-state index is 0. The average Bonchev–Trinajstić information content (AvgIpc) is 2.56. The molecule has 0 amide bonds. The van der Waals surface area contributed by atoms with Crippen molar-refractivity contribution < 1.29 is 34.3 Å².